The highest BCUT2D eigenvalue weighted by Gasteiger charge is 2.15. The van der Waals surface area contributed by atoms with Crippen molar-refractivity contribution in [2.45, 2.75) is 11.4 Å². The first kappa shape index (κ1) is 14.1. The van der Waals surface area contributed by atoms with Gasteiger partial charge in [0, 0.05) is 11.6 Å². The summed E-state index contributed by atoms with van der Waals surface area (Å²) < 4.78 is 0. The second-order valence-corrected chi connectivity index (χ2v) is 6.01. The fourth-order valence-electron chi connectivity index (χ4n) is 1.65. The molecule has 0 aliphatic heterocycles. The molecule has 3 N–H and O–H groups in total. The molecule has 0 atom stereocenters. The van der Waals surface area contributed by atoms with E-state index >= 15 is 0 Å². The number of hydrogen-bond donors (Lipinski definition) is 2. The summed E-state index contributed by atoms with van der Waals surface area (Å²) in [6.07, 6.45) is 1.94. The summed E-state index contributed by atoms with van der Waals surface area (Å²) in [5, 5.41) is 13.9. The number of halogens is 1. The number of benzene rings is 1. The fraction of sp³-hybridized carbons (Fsp3) is 0.154. The molecule has 0 spiro atoms. The van der Waals surface area contributed by atoms with Gasteiger partial charge in [-0.15, -0.1) is 23.1 Å². The number of nitriles is 1. The minimum atomic E-state index is 0.547. The summed E-state index contributed by atoms with van der Waals surface area (Å²) in [5.74, 6) is 0. The Kier molecular flexibility index (Phi) is 4.59. The number of anilines is 2. The summed E-state index contributed by atoms with van der Waals surface area (Å²) in [6, 6.07) is 9.79. The Morgan fingerprint density at radius 2 is 2.21 bits per heavy atom. The van der Waals surface area contributed by atoms with Crippen LogP contribution in [-0.4, -0.2) is 6.26 Å². The minimum Gasteiger partial charge on any atom is -0.396 e. The molecular formula is C13H12ClN3S2. The Balaban J connectivity index is 2.21. The number of hydrogen-bond acceptors (Lipinski definition) is 5. The van der Waals surface area contributed by atoms with Gasteiger partial charge in [0.15, 0.2) is 0 Å². The van der Waals surface area contributed by atoms with Crippen LogP contribution in [0.15, 0.2) is 29.2 Å². The van der Waals surface area contributed by atoms with Crippen molar-refractivity contribution in [1.82, 2.24) is 0 Å². The molecule has 1 heterocycles. The number of thioether (sulfide) groups is 1. The number of nitrogen functional groups attached to an aromatic ring is 1. The van der Waals surface area contributed by atoms with Crippen LogP contribution in [0.2, 0.25) is 5.02 Å². The van der Waals surface area contributed by atoms with E-state index in [1.54, 1.807) is 0 Å². The Morgan fingerprint density at radius 1 is 1.47 bits per heavy atom. The zero-order valence-corrected chi connectivity index (χ0v) is 12.6. The molecule has 19 heavy (non-hydrogen) atoms. The zero-order valence-electron chi connectivity index (χ0n) is 10.2. The van der Waals surface area contributed by atoms with Gasteiger partial charge >= 0.3 is 0 Å². The molecule has 0 unspecified atom stereocenters. The van der Waals surface area contributed by atoms with Crippen molar-refractivity contribution in [3.63, 3.8) is 0 Å². The lowest BCUT2D eigenvalue weighted by Crippen LogP contribution is -1.99. The summed E-state index contributed by atoms with van der Waals surface area (Å²) >= 11 is 9.02. The molecule has 3 nitrogen and oxygen atoms in total. The first-order valence-corrected chi connectivity index (χ1v) is 7.93. The second kappa shape index (κ2) is 6.20. The topological polar surface area (TPSA) is 61.8 Å². The molecule has 1 aromatic heterocycles. The van der Waals surface area contributed by atoms with Crippen molar-refractivity contribution < 1.29 is 0 Å². The normalized spacial score (nSPS) is 10.2. The van der Waals surface area contributed by atoms with Gasteiger partial charge in [-0.05, 0) is 17.9 Å². The van der Waals surface area contributed by atoms with Crippen molar-refractivity contribution in [3.05, 3.63) is 39.7 Å². The average molecular weight is 310 g/mol. The summed E-state index contributed by atoms with van der Waals surface area (Å²) in [5.41, 5.74) is 7.50. The number of nitrogens with zero attached hydrogens (tertiary/aromatic N) is 1. The maximum absolute atomic E-state index is 9.00. The molecule has 6 heteroatoms. The van der Waals surface area contributed by atoms with Crippen molar-refractivity contribution in [3.8, 4) is 6.07 Å². The van der Waals surface area contributed by atoms with Crippen LogP contribution in [0.25, 0.3) is 0 Å². The summed E-state index contributed by atoms with van der Waals surface area (Å²) in [6.45, 7) is 0.609. The fourth-order valence-corrected chi connectivity index (χ4v) is 3.68. The summed E-state index contributed by atoms with van der Waals surface area (Å²) in [4.78, 5) is 1.47. The lowest BCUT2D eigenvalue weighted by atomic mass is 10.2. The van der Waals surface area contributed by atoms with Gasteiger partial charge in [-0.3, -0.25) is 0 Å². The van der Waals surface area contributed by atoms with Crippen molar-refractivity contribution >= 4 is 45.4 Å². The van der Waals surface area contributed by atoms with Crippen LogP contribution in [0.3, 0.4) is 0 Å². The van der Waals surface area contributed by atoms with E-state index in [4.69, 9.17) is 22.6 Å². The first-order chi connectivity index (χ1) is 9.17. The van der Waals surface area contributed by atoms with Crippen LogP contribution in [0.4, 0.5) is 10.7 Å². The molecule has 2 aromatic rings. The number of thiophene rings is 1. The second-order valence-electron chi connectivity index (χ2n) is 3.76. The Labute approximate surface area is 125 Å². The van der Waals surface area contributed by atoms with Gasteiger partial charge in [0.2, 0.25) is 0 Å². The largest absolute Gasteiger partial charge is 0.396 e. The molecule has 2 rings (SSSR count). The molecule has 0 aliphatic rings. The number of nitrogens with two attached hydrogens (primary N) is 1. The molecule has 0 aliphatic carbocycles. The Morgan fingerprint density at radius 3 is 2.84 bits per heavy atom. The highest BCUT2D eigenvalue weighted by Crippen LogP contribution is 2.41. The van der Waals surface area contributed by atoms with Gasteiger partial charge in [0.1, 0.15) is 15.9 Å². The Hall–Kier alpha value is -1.35. The SMILES string of the molecule is CSc1c(NCc2ccccc2Cl)sc(C#N)c1N. The van der Waals surface area contributed by atoms with Gasteiger partial charge in [-0.25, -0.2) is 0 Å². The van der Waals surface area contributed by atoms with E-state index < -0.39 is 0 Å². The van der Waals surface area contributed by atoms with Gasteiger partial charge in [-0.1, -0.05) is 29.8 Å². The third-order valence-corrected chi connectivity index (χ3v) is 5.00. The monoisotopic (exact) mass is 309 g/mol. The van der Waals surface area contributed by atoms with E-state index in [9.17, 15) is 0 Å². The molecule has 0 saturated heterocycles. The quantitative estimate of drug-likeness (QED) is 0.831. The smallest absolute Gasteiger partial charge is 0.131 e. The van der Waals surface area contributed by atoms with Crippen LogP contribution in [0.5, 0.6) is 0 Å². The molecule has 0 amide bonds. The highest BCUT2D eigenvalue weighted by atomic mass is 35.5. The van der Waals surface area contributed by atoms with Gasteiger partial charge in [-0.2, -0.15) is 5.26 Å². The van der Waals surface area contributed by atoms with Crippen molar-refractivity contribution in [1.29, 1.82) is 5.26 Å². The van der Waals surface area contributed by atoms with Crippen molar-refractivity contribution in [2.75, 3.05) is 17.3 Å². The number of nitrogens with one attached hydrogen (secondary N) is 1. The predicted octanol–water partition coefficient (Wildman–Crippen LogP) is 4.19. The van der Waals surface area contributed by atoms with E-state index in [1.165, 1.54) is 23.1 Å². The van der Waals surface area contributed by atoms with Crippen LogP contribution < -0.4 is 11.1 Å². The van der Waals surface area contributed by atoms with Gasteiger partial charge < -0.3 is 11.1 Å². The minimum absolute atomic E-state index is 0.547. The molecular weight excluding hydrogens is 298 g/mol. The zero-order chi connectivity index (χ0) is 13.8. The molecule has 0 bridgehead atoms. The van der Waals surface area contributed by atoms with Gasteiger partial charge in [0.25, 0.3) is 0 Å². The Bertz CT molecular complexity index is 631. The van der Waals surface area contributed by atoms with E-state index in [2.05, 4.69) is 11.4 Å². The summed E-state index contributed by atoms with van der Waals surface area (Å²) in [7, 11) is 0. The molecule has 0 radical (unpaired) electrons. The number of rotatable bonds is 4. The van der Waals surface area contributed by atoms with E-state index in [0.29, 0.717) is 17.1 Å². The van der Waals surface area contributed by atoms with Crippen LogP contribution in [0.1, 0.15) is 10.4 Å². The average Bonchev–Trinajstić information content (AvgIpc) is 2.73. The highest BCUT2D eigenvalue weighted by molar-refractivity contribution is 7.99. The van der Waals surface area contributed by atoms with Gasteiger partial charge in [0.05, 0.1) is 10.6 Å². The van der Waals surface area contributed by atoms with E-state index in [1.807, 2.05) is 30.5 Å². The molecule has 1 aromatic carbocycles. The third kappa shape index (κ3) is 2.98. The van der Waals surface area contributed by atoms with E-state index in [0.717, 1.165) is 20.5 Å². The molecule has 98 valence electrons. The standard InChI is InChI=1S/C13H12ClN3S2/c1-18-12-11(16)10(6-15)19-13(12)17-7-8-4-2-3-5-9(8)14/h2-5,17H,7,16H2,1H3. The maximum atomic E-state index is 9.00. The third-order valence-electron chi connectivity index (χ3n) is 2.60. The van der Waals surface area contributed by atoms with Crippen molar-refractivity contribution in [2.24, 2.45) is 0 Å². The maximum Gasteiger partial charge on any atom is 0.131 e. The lowest BCUT2D eigenvalue weighted by Gasteiger charge is -2.07. The predicted molar refractivity (Wildman–Crippen MR) is 84.0 cm³/mol. The van der Waals surface area contributed by atoms with E-state index in [-0.39, 0.29) is 0 Å². The lowest BCUT2D eigenvalue weighted by molar-refractivity contribution is 1.15. The van der Waals surface area contributed by atoms with Crippen LogP contribution >= 0.6 is 34.7 Å². The van der Waals surface area contributed by atoms with Crippen LogP contribution in [0, 0.1) is 11.3 Å². The molecule has 0 saturated carbocycles. The van der Waals surface area contributed by atoms with Crippen LogP contribution in [-0.2, 0) is 6.54 Å². The first-order valence-electron chi connectivity index (χ1n) is 5.51. The molecule has 0 fully saturated rings.